The number of hydrogen-bond donors (Lipinski definition) is 0. The number of hydrogen-bond acceptors (Lipinski definition) is 4. The molecule has 23 heavy (non-hydrogen) atoms. The van der Waals surface area contributed by atoms with Gasteiger partial charge in [-0.25, -0.2) is 9.97 Å². The maximum absolute atomic E-state index is 12.6. The molecule has 0 unspecified atom stereocenters. The summed E-state index contributed by atoms with van der Waals surface area (Å²) in [6.07, 6.45) is 0. The molecule has 0 aliphatic heterocycles. The molecule has 0 aliphatic rings. The summed E-state index contributed by atoms with van der Waals surface area (Å²) in [7, 11) is 5.89. The molecule has 5 heteroatoms. The van der Waals surface area contributed by atoms with Crippen molar-refractivity contribution < 1.29 is 4.79 Å². The Morgan fingerprint density at radius 3 is 2.17 bits per heavy atom. The molecule has 1 aromatic heterocycles. The molecule has 0 bridgehead atoms. The molecule has 1 amide bonds. The van der Waals surface area contributed by atoms with Crippen LogP contribution in [0.3, 0.4) is 0 Å². The minimum Gasteiger partial charge on any atom is -0.336 e. The number of carbonyl (C=O) groups is 1. The third-order valence-electron chi connectivity index (χ3n) is 3.54. The van der Waals surface area contributed by atoms with Gasteiger partial charge in [-0.3, -0.25) is 4.79 Å². The van der Waals surface area contributed by atoms with E-state index in [4.69, 9.17) is 0 Å². The Morgan fingerprint density at radius 1 is 1.00 bits per heavy atom. The predicted molar refractivity (Wildman–Crippen MR) is 91.1 cm³/mol. The van der Waals surface area contributed by atoms with Crippen molar-refractivity contribution in [2.75, 3.05) is 21.1 Å². The van der Waals surface area contributed by atoms with Gasteiger partial charge in [0.05, 0.1) is 0 Å². The van der Waals surface area contributed by atoms with Gasteiger partial charge in [0.15, 0.2) is 0 Å². The molecule has 0 fully saturated rings. The molecule has 0 atom stereocenters. The average Bonchev–Trinajstić information content (AvgIpc) is 2.47. The molecule has 0 spiro atoms. The van der Waals surface area contributed by atoms with Crippen molar-refractivity contribution in [3.63, 3.8) is 0 Å². The highest BCUT2D eigenvalue weighted by molar-refractivity contribution is 5.92. The summed E-state index contributed by atoms with van der Waals surface area (Å²) in [4.78, 5) is 24.9. The van der Waals surface area contributed by atoms with Crippen LogP contribution in [-0.2, 0) is 13.1 Å². The van der Waals surface area contributed by atoms with E-state index in [1.807, 2.05) is 40.2 Å². The van der Waals surface area contributed by atoms with Crippen molar-refractivity contribution in [3.8, 4) is 0 Å². The van der Waals surface area contributed by atoms with Crippen LogP contribution in [0.4, 0.5) is 0 Å². The Bertz CT molecular complexity index is 677. The van der Waals surface area contributed by atoms with E-state index in [0.29, 0.717) is 18.1 Å². The molecule has 1 aromatic carbocycles. The highest BCUT2D eigenvalue weighted by atomic mass is 16.2. The van der Waals surface area contributed by atoms with Gasteiger partial charge >= 0.3 is 0 Å². The molecular weight excluding hydrogens is 288 g/mol. The van der Waals surface area contributed by atoms with Crippen LogP contribution in [-0.4, -0.2) is 46.8 Å². The van der Waals surface area contributed by atoms with Crippen molar-refractivity contribution >= 4 is 5.91 Å². The van der Waals surface area contributed by atoms with Gasteiger partial charge in [-0.2, -0.15) is 0 Å². The van der Waals surface area contributed by atoms with Gasteiger partial charge in [-0.15, -0.1) is 0 Å². The van der Waals surface area contributed by atoms with Crippen molar-refractivity contribution in [1.82, 2.24) is 19.8 Å². The smallest absolute Gasteiger partial charge is 0.272 e. The average molecular weight is 312 g/mol. The van der Waals surface area contributed by atoms with Crippen molar-refractivity contribution in [2.24, 2.45) is 0 Å². The van der Waals surface area contributed by atoms with Crippen LogP contribution < -0.4 is 0 Å². The van der Waals surface area contributed by atoms with Crippen LogP contribution in [0.1, 0.15) is 33.1 Å². The zero-order valence-corrected chi connectivity index (χ0v) is 14.5. The molecule has 5 nitrogen and oxygen atoms in total. The molecule has 122 valence electrons. The van der Waals surface area contributed by atoms with Crippen LogP contribution in [0.25, 0.3) is 0 Å². The normalized spacial score (nSPS) is 10.9. The van der Waals surface area contributed by atoms with E-state index in [1.54, 1.807) is 17.9 Å². The maximum Gasteiger partial charge on any atom is 0.272 e. The number of carbonyl (C=O) groups excluding carboxylic acids is 1. The Hall–Kier alpha value is -2.27. The highest BCUT2D eigenvalue weighted by Gasteiger charge is 2.16. The number of amides is 1. The Morgan fingerprint density at radius 2 is 1.61 bits per heavy atom. The lowest BCUT2D eigenvalue weighted by Gasteiger charge is -2.20. The molecule has 0 N–H and O–H groups in total. The van der Waals surface area contributed by atoms with E-state index in [0.717, 1.165) is 17.8 Å². The number of nitrogens with zero attached hydrogens (tertiary/aromatic N) is 4. The summed E-state index contributed by atoms with van der Waals surface area (Å²) >= 11 is 0. The van der Waals surface area contributed by atoms with Gasteiger partial charge in [-0.05, 0) is 45.1 Å². The van der Waals surface area contributed by atoms with Crippen LogP contribution in [0.5, 0.6) is 0 Å². The molecular formula is C18H24N4O. The lowest BCUT2D eigenvalue weighted by Crippen LogP contribution is -2.28. The standard InChI is InChI=1S/C18H24N4O/c1-13-10-17(20-14(2)19-13)18(23)22(5)12-16-9-7-6-8-15(16)11-21(3)4/h6-10H,11-12H2,1-5H3. The SMILES string of the molecule is Cc1cc(C(=O)N(C)Cc2ccccc2CN(C)C)nc(C)n1. The minimum atomic E-state index is -0.0849. The summed E-state index contributed by atoms with van der Waals surface area (Å²) < 4.78 is 0. The molecule has 0 saturated carbocycles. The Labute approximate surface area is 138 Å². The molecule has 0 radical (unpaired) electrons. The minimum absolute atomic E-state index is 0.0849. The van der Waals surface area contributed by atoms with Gasteiger partial charge in [0.1, 0.15) is 11.5 Å². The number of benzene rings is 1. The first-order valence-electron chi connectivity index (χ1n) is 7.66. The summed E-state index contributed by atoms with van der Waals surface area (Å²) in [5, 5.41) is 0. The summed E-state index contributed by atoms with van der Waals surface area (Å²) in [5.74, 6) is 0.535. The first-order chi connectivity index (χ1) is 10.9. The number of aromatic nitrogens is 2. The topological polar surface area (TPSA) is 49.3 Å². The summed E-state index contributed by atoms with van der Waals surface area (Å²) in [6.45, 7) is 5.09. The van der Waals surface area contributed by atoms with Gasteiger partial charge < -0.3 is 9.80 Å². The van der Waals surface area contributed by atoms with E-state index in [2.05, 4.69) is 27.0 Å². The fourth-order valence-corrected chi connectivity index (χ4v) is 2.56. The van der Waals surface area contributed by atoms with Gasteiger partial charge in [0, 0.05) is 25.8 Å². The quantitative estimate of drug-likeness (QED) is 0.851. The monoisotopic (exact) mass is 312 g/mol. The van der Waals surface area contributed by atoms with Gasteiger partial charge in [-0.1, -0.05) is 24.3 Å². The number of aryl methyl sites for hydroxylation is 2. The van der Waals surface area contributed by atoms with Crippen LogP contribution in [0, 0.1) is 13.8 Å². The number of rotatable bonds is 5. The second-order valence-electron chi connectivity index (χ2n) is 6.11. The Balaban J connectivity index is 2.18. The van der Waals surface area contributed by atoms with E-state index in [-0.39, 0.29) is 5.91 Å². The lowest BCUT2D eigenvalue weighted by molar-refractivity contribution is 0.0778. The molecule has 2 aromatic rings. The lowest BCUT2D eigenvalue weighted by atomic mass is 10.1. The van der Waals surface area contributed by atoms with Gasteiger partial charge in [0.25, 0.3) is 5.91 Å². The van der Waals surface area contributed by atoms with Crippen molar-refractivity contribution in [2.45, 2.75) is 26.9 Å². The first-order valence-corrected chi connectivity index (χ1v) is 7.66. The zero-order valence-electron chi connectivity index (χ0n) is 14.5. The highest BCUT2D eigenvalue weighted by Crippen LogP contribution is 2.14. The second kappa shape index (κ2) is 7.33. The third-order valence-corrected chi connectivity index (χ3v) is 3.54. The third kappa shape index (κ3) is 4.60. The molecule has 0 saturated heterocycles. The molecule has 1 heterocycles. The largest absolute Gasteiger partial charge is 0.336 e. The van der Waals surface area contributed by atoms with Crippen LogP contribution in [0.2, 0.25) is 0 Å². The van der Waals surface area contributed by atoms with Crippen LogP contribution in [0.15, 0.2) is 30.3 Å². The van der Waals surface area contributed by atoms with E-state index >= 15 is 0 Å². The first kappa shape index (κ1) is 17.1. The molecule has 0 aliphatic carbocycles. The predicted octanol–water partition coefficient (Wildman–Crippen LogP) is 2.43. The summed E-state index contributed by atoms with van der Waals surface area (Å²) in [6, 6.07) is 9.94. The van der Waals surface area contributed by atoms with Crippen molar-refractivity contribution in [3.05, 3.63) is 58.7 Å². The van der Waals surface area contributed by atoms with E-state index < -0.39 is 0 Å². The van der Waals surface area contributed by atoms with Gasteiger partial charge in [0.2, 0.25) is 0 Å². The Kier molecular flexibility index (Phi) is 5.45. The second-order valence-corrected chi connectivity index (χ2v) is 6.11. The fourth-order valence-electron chi connectivity index (χ4n) is 2.56. The fraction of sp³-hybridized carbons (Fsp3) is 0.389. The van der Waals surface area contributed by atoms with E-state index in [9.17, 15) is 4.79 Å². The van der Waals surface area contributed by atoms with Crippen LogP contribution >= 0.6 is 0 Å². The molecule has 2 rings (SSSR count). The maximum atomic E-state index is 12.6. The summed E-state index contributed by atoms with van der Waals surface area (Å²) in [5.41, 5.74) is 3.64. The van der Waals surface area contributed by atoms with Crippen molar-refractivity contribution in [1.29, 1.82) is 0 Å². The zero-order chi connectivity index (χ0) is 17.0. The van der Waals surface area contributed by atoms with E-state index in [1.165, 1.54) is 5.56 Å².